The van der Waals surface area contributed by atoms with Crippen LogP contribution in [-0.4, -0.2) is 25.5 Å². The molecule has 0 fully saturated rings. The first-order valence-electron chi connectivity index (χ1n) is 6.21. The van der Waals surface area contributed by atoms with Gasteiger partial charge in [0.25, 0.3) is 0 Å². The van der Waals surface area contributed by atoms with Crippen LogP contribution < -0.4 is 5.32 Å². The largest absolute Gasteiger partial charge is 0.384 e. The van der Waals surface area contributed by atoms with Crippen LogP contribution in [0.15, 0.2) is 29.2 Å². The van der Waals surface area contributed by atoms with Crippen LogP contribution >= 0.6 is 11.8 Å². The lowest BCUT2D eigenvalue weighted by atomic mass is 10.2. The first-order valence-corrected chi connectivity index (χ1v) is 7.09. The first kappa shape index (κ1) is 14.6. The summed E-state index contributed by atoms with van der Waals surface area (Å²) in [6, 6.07) is 8.79. The van der Waals surface area contributed by atoms with E-state index < -0.39 is 0 Å². The number of hydrogen-bond acceptors (Lipinski definition) is 3. The Bertz CT molecular complexity index is 300. The Morgan fingerprint density at radius 3 is 2.59 bits per heavy atom. The van der Waals surface area contributed by atoms with E-state index in [1.165, 1.54) is 16.9 Å². The molecule has 0 aliphatic carbocycles. The maximum Gasteiger partial charge on any atom is 0.0582 e. The number of benzene rings is 1. The molecule has 0 amide bonds. The smallest absolute Gasteiger partial charge is 0.0582 e. The fraction of sp³-hybridized carbons (Fsp3) is 0.571. The highest BCUT2D eigenvalue weighted by molar-refractivity contribution is 8.00. The third-order valence-corrected chi connectivity index (χ3v) is 3.50. The lowest BCUT2D eigenvalue weighted by Gasteiger charge is -2.10. The summed E-state index contributed by atoms with van der Waals surface area (Å²) >= 11 is 1.86. The number of methoxy groups -OCH3 is 1. The minimum Gasteiger partial charge on any atom is -0.384 e. The Hall–Kier alpha value is -0.510. The molecular formula is C14H23NOS. The van der Waals surface area contributed by atoms with E-state index in [1.54, 1.807) is 7.11 Å². The summed E-state index contributed by atoms with van der Waals surface area (Å²) in [6.07, 6.45) is 1.18. The van der Waals surface area contributed by atoms with Crippen molar-refractivity contribution in [3.63, 3.8) is 0 Å². The van der Waals surface area contributed by atoms with E-state index in [0.29, 0.717) is 5.25 Å². The third kappa shape index (κ3) is 6.10. The first-order chi connectivity index (χ1) is 8.26. The number of ether oxygens (including phenoxy) is 1. The van der Waals surface area contributed by atoms with Gasteiger partial charge >= 0.3 is 0 Å². The average molecular weight is 253 g/mol. The van der Waals surface area contributed by atoms with Gasteiger partial charge in [-0.2, -0.15) is 0 Å². The summed E-state index contributed by atoms with van der Waals surface area (Å²) in [4.78, 5) is 1.31. The van der Waals surface area contributed by atoms with Crippen molar-refractivity contribution in [2.75, 3.05) is 20.3 Å². The molecule has 1 N–H and O–H groups in total. The van der Waals surface area contributed by atoms with Crippen LogP contribution in [0.3, 0.4) is 0 Å². The molecule has 0 aliphatic heterocycles. The maximum atomic E-state index is 5.13. The van der Waals surface area contributed by atoms with Crippen molar-refractivity contribution in [1.82, 2.24) is 5.32 Å². The van der Waals surface area contributed by atoms with Crippen molar-refractivity contribution in [3.05, 3.63) is 29.8 Å². The van der Waals surface area contributed by atoms with E-state index in [1.807, 2.05) is 11.8 Å². The second kappa shape index (κ2) is 8.56. The van der Waals surface area contributed by atoms with Crippen LogP contribution in [0.2, 0.25) is 0 Å². The molecule has 0 aliphatic rings. The van der Waals surface area contributed by atoms with Gasteiger partial charge in [0.15, 0.2) is 0 Å². The number of rotatable bonds is 8. The molecule has 1 aromatic rings. The number of hydrogen-bond donors (Lipinski definition) is 1. The summed E-state index contributed by atoms with van der Waals surface area (Å²) in [7, 11) is 1.75. The van der Waals surface area contributed by atoms with Gasteiger partial charge < -0.3 is 10.1 Å². The standard InChI is InChI=1S/C14H23NOS/c1-4-9-15-10-13-5-7-14(8-6-13)17-12(2)11-16-3/h5-8,12,15H,4,9-11H2,1-3H3. The predicted molar refractivity (Wildman–Crippen MR) is 75.6 cm³/mol. The number of thioether (sulfide) groups is 1. The van der Waals surface area contributed by atoms with E-state index >= 15 is 0 Å². The molecule has 0 aromatic heterocycles. The van der Waals surface area contributed by atoms with Gasteiger partial charge in [0.05, 0.1) is 6.61 Å². The van der Waals surface area contributed by atoms with Crippen molar-refractivity contribution in [3.8, 4) is 0 Å². The average Bonchev–Trinajstić information content (AvgIpc) is 2.32. The summed E-state index contributed by atoms with van der Waals surface area (Å²) < 4.78 is 5.13. The molecule has 96 valence electrons. The Kier molecular flexibility index (Phi) is 7.33. The van der Waals surface area contributed by atoms with Crippen molar-refractivity contribution >= 4 is 11.8 Å². The van der Waals surface area contributed by atoms with Crippen molar-refractivity contribution < 1.29 is 4.74 Å². The molecule has 3 heteroatoms. The van der Waals surface area contributed by atoms with Crippen molar-refractivity contribution in [2.24, 2.45) is 0 Å². The zero-order chi connectivity index (χ0) is 12.5. The highest BCUT2D eigenvalue weighted by Gasteiger charge is 2.03. The van der Waals surface area contributed by atoms with Crippen molar-refractivity contribution in [2.45, 2.75) is 37.0 Å². The SMILES string of the molecule is CCCNCc1ccc(SC(C)COC)cc1. The minimum atomic E-state index is 0.504. The predicted octanol–water partition coefficient (Wildman–Crippen LogP) is 3.31. The lowest BCUT2D eigenvalue weighted by molar-refractivity contribution is 0.203. The zero-order valence-corrected chi connectivity index (χ0v) is 11.8. The van der Waals surface area contributed by atoms with Crippen LogP contribution in [-0.2, 0) is 11.3 Å². The van der Waals surface area contributed by atoms with E-state index in [-0.39, 0.29) is 0 Å². The van der Waals surface area contributed by atoms with Gasteiger partial charge in [-0.25, -0.2) is 0 Å². The molecule has 0 saturated heterocycles. The van der Waals surface area contributed by atoms with Gasteiger partial charge in [-0.15, -0.1) is 11.8 Å². The maximum absolute atomic E-state index is 5.13. The molecule has 0 bridgehead atoms. The fourth-order valence-electron chi connectivity index (χ4n) is 1.60. The molecule has 2 nitrogen and oxygen atoms in total. The highest BCUT2D eigenvalue weighted by Crippen LogP contribution is 2.23. The molecule has 0 spiro atoms. The summed E-state index contributed by atoms with van der Waals surface area (Å²) in [6.45, 7) is 7.22. The molecule has 17 heavy (non-hydrogen) atoms. The molecule has 1 aromatic carbocycles. The monoisotopic (exact) mass is 253 g/mol. The summed E-state index contributed by atoms with van der Waals surface area (Å²) in [5.41, 5.74) is 1.35. The minimum absolute atomic E-state index is 0.504. The fourth-order valence-corrected chi connectivity index (χ4v) is 2.56. The van der Waals surface area contributed by atoms with Gasteiger partial charge in [0.1, 0.15) is 0 Å². The van der Waals surface area contributed by atoms with Crippen molar-refractivity contribution in [1.29, 1.82) is 0 Å². The number of nitrogens with one attached hydrogen (secondary N) is 1. The zero-order valence-electron chi connectivity index (χ0n) is 11.0. The topological polar surface area (TPSA) is 21.3 Å². The van der Waals surface area contributed by atoms with Crippen LogP contribution in [0, 0.1) is 0 Å². The van der Waals surface area contributed by atoms with Crippen LogP contribution in [0.1, 0.15) is 25.8 Å². The Morgan fingerprint density at radius 1 is 1.29 bits per heavy atom. The molecule has 0 heterocycles. The van der Waals surface area contributed by atoms with Gasteiger partial charge in [0, 0.05) is 23.8 Å². The second-order valence-corrected chi connectivity index (χ2v) is 5.72. The quantitative estimate of drug-likeness (QED) is 0.567. The summed E-state index contributed by atoms with van der Waals surface area (Å²) in [5.74, 6) is 0. The Labute approximate surface area is 109 Å². The molecule has 0 saturated carbocycles. The summed E-state index contributed by atoms with van der Waals surface area (Å²) in [5, 5.41) is 3.91. The highest BCUT2D eigenvalue weighted by atomic mass is 32.2. The van der Waals surface area contributed by atoms with Gasteiger partial charge in [-0.1, -0.05) is 26.0 Å². The lowest BCUT2D eigenvalue weighted by Crippen LogP contribution is -2.13. The van der Waals surface area contributed by atoms with E-state index in [9.17, 15) is 0 Å². The van der Waals surface area contributed by atoms with Crippen LogP contribution in [0.25, 0.3) is 0 Å². The third-order valence-electron chi connectivity index (χ3n) is 2.42. The Balaban J connectivity index is 2.39. The van der Waals surface area contributed by atoms with Crippen LogP contribution in [0.5, 0.6) is 0 Å². The molecule has 0 radical (unpaired) electrons. The normalized spacial score (nSPS) is 12.6. The van der Waals surface area contributed by atoms with Crippen LogP contribution in [0.4, 0.5) is 0 Å². The van der Waals surface area contributed by atoms with Gasteiger partial charge in [-0.3, -0.25) is 0 Å². The van der Waals surface area contributed by atoms with Gasteiger partial charge in [-0.05, 0) is 30.7 Å². The second-order valence-electron chi connectivity index (χ2n) is 4.20. The molecule has 1 rings (SSSR count). The Morgan fingerprint density at radius 2 is 2.00 bits per heavy atom. The molecular weight excluding hydrogens is 230 g/mol. The molecule has 1 unspecified atom stereocenters. The molecule has 1 atom stereocenters. The van der Waals surface area contributed by atoms with Gasteiger partial charge in [0.2, 0.25) is 0 Å². The van der Waals surface area contributed by atoms with E-state index in [4.69, 9.17) is 4.74 Å². The van der Waals surface area contributed by atoms with E-state index in [0.717, 1.165) is 19.7 Å². The van der Waals surface area contributed by atoms with E-state index in [2.05, 4.69) is 43.4 Å².